The molecule has 2 N–H and O–H groups in total. The molecule has 25 heavy (non-hydrogen) atoms. The average molecular weight is 460 g/mol. The summed E-state index contributed by atoms with van der Waals surface area (Å²) in [7, 11) is 0. The van der Waals surface area contributed by atoms with Crippen molar-refractivity contribution in [2.75, 3.05) is 32.7 Å². The molecule has 1 aliphatic carbocycles. The zero-order valence-electron chi connectivity index (χ0n) is 15.0. The monoisotopic (exact) mass is 460 g/mol. The number of halogens is 2. The number of hydrogen-bond acceptors (Lipinski definition) is 2. The van der Waals surface area contributed by atoms with Crippen molar-refractivity contribution in [2.24, 2.45) is 10.9 Å². The van der Waals surface area contributed by atoms with Gasteiger partial charge in [0, 0.05) is 32.2 Å². The third kappa shape index (κ3) is 6.73. The Morgan fingerprint density at radius 1 is 1.28 bits per heavy atom. The van der Waals surface area contributed by atoms with Gasteiger partial charge in [0.05, 0.1) is 0 Å². The Balaban J connectivity index is 0.00000225. The van der Waals surface area contributed by atoms with Crippen LogP contribution in [0, 0.1) is 11.7 Å². The maximum absolute atomic E-state index is 13.2. The van der Waals surface area contributed by atoms with Gasteiger partial charge in [-0.05, 0) is 62.8 Å². The van der Waals surface area contributed by atoms with Crippen LogP contribution in [0.3, 0.4) is 0 Å². The molecular weight excluding hydrogens is 430 g/mol. The predicted octanol–water partition coefficient (Wildman–Crippen LogP) is 3.03. The SMILES string of the molecule is CCNC(=NCC1CCN(C2CC2)C1)NCCc1cccc(F)c1.I. The van der Waals surface area contributed by atoms with Crippen molar-refractivity contribution in [1.29, 1.82) is 0 Å². The molecule has 0 aromatic heterocycles. The zero-order valence-corrected chi connectivity index (χ0v) is 17.3. The lowest BCUT2D eigenvalue weighted by atomic mass is 10.1. The molecule has 0 amide bonds. The van der Waals surface area contributed by atoms with Crippen LogP contribution >= 0.6 is 24.0 Å². The minimum atomic E-state index is -0.172. The van der Waals surface area contributed by atoms with Crippen LogP contribution in [0.15, 0.2) is 29.3 Å². The molecule has 0 bridgehead atoms. The van der Waals surface area contributed by atoms with Crippen LogP contribution in [0.5, 0.6) is 0 Å². The van der Waals surface area contributed by atoms with E-state index in [9.17, 15) is 4.39 Å². The summed E-state index contributed by atoms with van der Waals surface area (Å²) in [4.78, 5) is 7.38. The van der Waals surface area contributed by atoms with Crippen LogP contribution in [0.1, 0.15) is 31.7 Å². The molecule has 1 heterocycles. The van der Waals surface area contributed by atoms with Crippen molar-refractivity contribution in [1.82, 2.24) is 15.5 Å². The number of hydrogen-bond donors (Lipinski definition) is 2. The molecule has 1 atom stereocenters. The minimum Gasteiger partial charge on any atom is -0.357 e. The van der Waals surface area contributed by atoms with Gasteiger partial charge in [0.1, 0.15) is 5.82 Å². The van der Waals surface area contributed by atoms with Crippen LogP contribution in [-0.2, 0) is 6.42 Å². The Bertz CT molecular complexity index is 562. The highest BCUT2D eigenvalue weighted by atomic mass is 127. The Morgan fingerprint density at radius 3 is 2.84 bits per heavy atom. The molecule has 1 unspecified atom stereocenters. The highest BCUT2D eigenvalue weighted by molar-refractivity contribution is 14.0. The second-order valence-corrected chi connectivity index (χ2v) is 6.91. The molecule has 1 saturated heterocycles. The molecule has 2 fully saturated rings. The number of nitrogens with zero attached hydrogens (tertiary/aromatic N) is 2. The van der Waals surface area contributed by atoms with Gasteiger partial charge >= 0.3 is 0 Å². The molecule has 140 valence electrons. The maximum Gasteiger partial charge on any atom is 0.191 e. The van der Waals surface area contributed by atoms with Crippen LogP contribution in [0.25, 0.3) is 0 Å². The summed E-state index contributed by atoms with van der Waals surface area (Å²) in [5, 5.41) is 6.66. The highest BCUT2D eigenvalue weighted by Crippen LogP contribution is 2.31. The number of nitrogens with one attached hydrogen (secondary N) is 2. The van der Waals surface area contributed by atoms with Gasteiger partial charge in [0.2, 0.25) is 0 Å². The normalized spacial score (nSPS) is 21.0. The van der Waals surface area contributed by atoms with Crippen molar-refractivity contribution in [2.45, 2.75) is 38.6 Å². The first-order valence-corrected chi connectivity index (χ1v) is 9.25. The first kappa shape index (κ1) is 20.4. The van der Waals surface area contributed by atoms with Crippen LogP contribution in [0.4, 0.5) is 4.39 Å². The van der Waals surface area contributed by atoms with Crippen LogP contribution in [0.2, 0.25) is 0 Å². The summed E-state index contributed by atoms with van der Waals surface area (Å²) in [5.41, 5.74) is 1.01. The van der Waals surface area contributed by atoms with E-state index >= 15 is 0 Å². The van der Waals surface area contributed by atoms with Gasteiger partial charge in [-0.2, -0.15) is 0 Å². The van der Waals surface area contributed by atoms with E-state index in [1.807, 2.05) is 6.07 Å². The molecule has 0 spiro atoms. The first-order valence-electron chi connectivity index (χ1n) is 9.25. The van der Waals surface area contributed by atoms with E-state index < -0.39 is 0 Å². The predicted molar refractivity (Wildman–Crippen MR) is 112 cm³/mol. The van der Waals surface area contributed by atoms with Gasteiger partial charge in [-0.15, -0.1) is 24.0 Å². The van der Waals surface area contributed by atoms with E-state index in [2.05, 4.69) is 22.5 Å². The van der Waals surface area contributed by atoms with Gasteiger partial charge < -0.3 is 15.5 Å². The lowest BCUT2D eigenvalue weighted by Crippen LogP contribution is -2.38. The maximum atomic E-state index is 13.2. The van der Waals surface area contributed by atoms with Crippen molar-refractivity contribution < 1.29 is 4.39 Å². The summed E-state index contributed by atoms with van der Waals surface area (Å²) in [6.07, 6.45) is 4.84. The molecule has 4 nitrogen and oxygen atoms in total. The molecule has 3 rings (SSSR count). The Labute approximate surface area is 167 Å². The fourth-order valence-electron chi connectivity index (χ4n) is 3.36. The van der Waals surface area contributed by atoms with E-state index in [0.29, 0.717) is 5.92 Å². The summed E-state index contributed by atoms with van der Waals surface area (Å²) in [6, 6.07) is 7.66. The van der Waals surface area contributed by atoms with Gasteiger partial charge in [-0.25, -0.2) is 4.39 Å². The third-order valence-electron chi connectivity index (χ3n) is 4.83. The average Bonchev–Trinajstić information content (AvgIpc) is 3.31. The molecule has 2 aliphatic rings. The summed E-state index contributed by atoms with van der Waals surface area (Å²) >= 11 is 0. The van der Waals surface area contributed by atoms with Gasteiger partial charge in [0.15, 0.2) is 5.96 Å². The van der Waals surface area contributed by atoms with Gasteiger partial charge in [0.25, 0.3) is 0 Å². The van der Waals surface area contributed by atoms with Crippen LogP contribution < -0.4 is 10.6 Å². The molecule has 6 heteroatoms. The summed E-state index contributed by atoms with van der Waals surface area (Å²) in [6.45, 7) is 7.02. The zero-order chi connectivity index (χ0) is 16.8. The second-order valence-electron chi connectivity index (χ2n) is 6.91. The molecule has 1 saturated carbocycles. The first-order chi connectivity index (χ1) is 11.7. The Morgan fingerprint density at radius 2 is 2.12 bits per heavy atom. The minimum absolute atomic E-state index is 0. The van der Waals surface area contributed by atoms with Crippen molar-refractivity contribution in [3.8, 4) is 0 Å². The van der Waals surface area contributed by atoms with E-state index in [0.717, 1.165) is 43.6 Å². The van der Waals surface area contributed by atoms with Crippen molar-refractivity contribution >= 4 is 29.9 Å². The van der Waals surface area contributed by atoms with E-state index in [4.69, 9.17) is 4.99 Å². The second kappa shape index (κ2) is 10.3. The summed E-state index contributed by atoms with van der Waals surface area (Å²) in [5.74, 6) is 1.39. The smallest absolute Gasteiger partial charge is 0.191 e. The van der Waals surface area contributed by atoms with Gasteiger partial charge in [-0.3, -0.25) is 4.99 Å². The van der Waals surface area contributed by atoms with Gasteiger partial charge in [-0.1, -0.05) is 12.1 Å². The highest BCUT2D eigenvalue weighted by Gasteiger charge is 2.34. The quantitative estimate of drug-likeness (QED) is 0.374. The lowest BCUT2D eigenvalue weighted by molar-refractivity contribution is 0.315. The standard InChI is InChI=1S/C19H29FN4.HI/c1-2-21-19(22-10-8-15-4-3-5-17(20)12-15)23-13-16-9-11-24(14-16)18-6-7-18;/h3-5,12,16,18H,2,6-11,13-14H2,1H3,(H2,21,22,23);1H. The van der Waals surface area contributed by atoms with E-state index in [-0.39, 0.29) is 29.8 Å². The number of rotatable bonds is 7. The van der Waals surface area contributed by atoms with E-state index in [1.165, 1.54) is 38.4 Å². The molecular formula is C19H30FIN4. The number of guanidine groups is 1. The third-order valence-corrected chi connectivity index (χ3v) is 4.83. The number of benzene rings is 1. The van der Waals surface area contributed by atoms with Crippen molar-refractivity contribution in [3.63, 3.8) is 0 Å². The largest absolute Gasteiger partial charge is 0.357 e. The topological polar surface area (TPSA) is 39.7 Å². The summed E-state index contributed by atoms with van der Waals surface area (Å²) < 4.78 is 13.2. The number of likely N-dealkylation sites (tertiary alicyclic amines) is 1. The lowest BCUT2D eigenvalue weighted by Gasteiger charge is -2.15. The fraction of sp³-hybridized carbons (Fsp3) is 0.632. The number of aliphatic imine (C=N–C) groups is 1. The molecule has 1 aliphatic heterocycles. The van der Waals surface area contributed by atoms with Crippen molar-refractivity contribution in [3.05, 3.63) is 35.6 Å². The Kier molecular flexibility index (Phi) is 8.42. The molecule has 1 aromatic rings. The molecule has 0 radical (unpaired) electrons. The van der Waals surface area contributed by atoms with E-state index in [1.54, 1.807) is 12.1 Å². The Hall–Kier alpha value is -0.890. The fourth-order valence-corrected chi connectivity index (χ4v) is 3.36. The molecule has 1 aromatic carbocycles. The van der Waals surface area contributed by atoms with Crippen LogP contribution in [-0.4, -0.2) is 49.6 Å².